The second kappa shape index (κ2) is 11.9. The molecule has 0 saturated heterocycles. The molecule has 0 radical (unpaired) electrons. The van der Waals surface area contributed by atoms with Crippen molar-refractivity contribution in [3.8, 4) is 11.1 Å². The molecule has 0 aliphatic heterocycles. The highest BCUT2D eigenvalue weighted by Gasteiger charge is 2.30. The van der Waals surface area contributed by atoms with Crippen LogP contribution in [0.25, 0.3) is 11.1 Å². The summed E-state index contributed by atoms with van der Waals surface area (Å²) >= 11 is 0. The minimum Gasteiger partial charge on any atom is -0.460 e. The topological polar surface area (TPSA) is 82.1 Å². The zero-order valence-corrected chi connectivity index (χ0v) is 22.0. The van der Waals surface area contributed by atoms with E-state index < -0.39 is 23.6 Å². The van der Waals surface area contributed by atoms with Crippen molar-refractivity contribution in [1.82, 2.24) is 4.90 Å². The van der Waals surface area contributed by atoms with E-state index in [4.69, 9.17) is 14.2 Å². The Morgan fingerprint density at radius 3 is 1.95 bits per heavy atom. The molecule has 0 spiro atoms. The quantitative estimate of drug-likeness (QED) is 0.268. The first-order chi connectivity index (χ1) is 18.2. The van der Waals surface area contributed by atoms with Crippen molar-refractivity contribution in [2.24, 2.45) is 0 Å². The maximum Gasteiger partial charge on any atom is 0.410 e. The summed E-state index contributed by atoms with van der Waals surface area (Å²) in [6.45, 7) is 5.14. The molecule has 0 heterocycles. The highest BCUT2D eigenvalue weighted by atomic mass is 16.6. The number of fused-ring (bicyclic) bond motifs is 3. The van der Waals surface area contributed by atoms with E-state index in [1.807, 2.05) is 66.7 Å². The number of hydrogen-bond acceptors (Lipinski definition) is 6. The van der Waals surface area contributed by atoms with Gasteiger partial charge in [0, 0.05) is 12.5 Å². The predicted molar refractivity (Wildman–Crippen MR) is 143 cm³/mol. The number of rotatable bonds is 9. The van der Waals surface area contributed by atoms with E-state index in [1.54, 1.807) is 20.8 Å². The summed E-state index contributed by atoms with van der Waals surface area (Å²) in [5.74, 6) is -1.18. The van der Waals surface area contributed by atoms with E-state index >= 15 is 0 Å². The van der Waals surface area contributed by atoms with Crippen molar-refractivity contribution in [3.63, 3.8) is 0 Å². The molecule has 0 aromatic heterocycles. The van der Waals surface area contributed by atoms with Gasteiger partial charge in [0.05, 0.1) is 6.42 Å². The average molecular weight is 516 g/mol. The van der Waals surface area contributed by atoms with Crippen LogP contribution in [-0.2, 0) is 30.4 Å². The van der Waals surface area contributed by atoms with Gasteiger partial charge in [-0.25, -0.2) is 4.79 Å². The summed E-state index contributed by atoms with van der Waals surface area (Å²) in [7, 11) is 0. The molecule has 4 rings (SSSR count). The smallest absolute Gasteiger partial charge is 0.410 e. The van der Waals surface area contributed by atoms with E-state index in [1.165, 1.54) is 4.90 Å². The number of benzene rings is 3. The summed E-state index contributed by atoms with van der Waals surface area (Å²) in [5.41, 5.74) is 4.60. The van der Waals surface area contributed by atoms with Crippen molar-refractivity contribution < 1.29 is 28.6 Å². The van der Waals surface area contributed by atoms with Crippen molar-refractivity contribution in [2.75, 3.05) is 19.7 Å². The van der Waals surface area contributed by atoms with E-state index in [0.29, 0.717) is 0 Å². The van der Waals surface area contributed by atoms with Crippen LogP contribution in [0.1, 0.15) is 49.8 Å². The van der Waals surface area contributed by atoms with Crippen LogP contribution in [0.4, 0.5) is 4.79 Å². The molecule has 0 saturated carbocycles. The second-order valence-corrected chi connectivity index (χ2v) is 10.2. The van der Waals surface area contributed by atoms with Crippen LogP contribution in [0, 0.1) is 0 Å². The molecule has 38 heavy (non-hydrogen) atoms. The Balaban J connectivity index is 1.42. The lowest BCUT2D eigenvalue weighted by Gasteiger charge is -2.24. The fraction of sp³-hybridized carbons (Fsp3) is 0.323. The lowest BCUT2D eigenvalue weighted by Crippen LogP contribution is -2.39. The van der Waals surface area contributed by atoms with Crippen LogP contribution in [0.15, 0.2) is 78.9 Å². The molecular formula is C31H33NO6. The number of hydrogen-bond donors (Lipinski definition) is 0. The summed E-state index contributed by atoms with van der Waals surface area (Å²) in [6.07, 6.45) is -0.764. The van der Waals surface area contributed by atoms with Gasteiger partial charge in [-0.1, -0.05) is 78.9 Å². The van der Waals surface area contributed by atoms with Gasteiger partial charge in [-0.05, 0) is 48.6 Å². The van der Waals surface area contributed by atoms with Gasteiger partial charge in [0.2, 0.25) is 0 Å². The number of nitrogens with zero attached hydrogens (tertiary/aromatic N) is 1. The van der Waals surface area contributed by atoms with E-state index in [9.17, 15) is 14.4 Å². The highest BCUT2D eigenvalue weighted by Crippen LogP contribution is 2.44. The molecule has 0 atom stereocenters. The van der Waals surface area contributed by atoms with Crippen LogP contribution in [-0.4, -0.2) is 48.2 Å². The summed E-state index contributed by atoms with van der Waals surface area (Å²) < 4.78 is 16.5. The van der Waals surface area contributed by atoms with E-state index in [2.05, 4.69) is 12.1 Å². The maximum atomic E-state index is 13.2. The Hall–Kier alpha value is -4.13. The number of amides is 1. The Morgan fingerprint density at radius 1 is 0.763 bits per heavy atom. The van der Waals surface area contributed by atoms with Gasteiger partial charge in [0.1, 0.15) is 25.4 Å². The van der Waals surface area contributed by atoms with Crippen LogP contribution >= 0.6 is 0 Å². The number of ether oxygens (including phenoxy) is 3. The van der Waals surface area contributed by atoms with Crippen molar-refractivity contribution in [2.45, 2.75) is 45.3 Å². The lowest BCUT2D eigenvalue weighted by molar-refractivity contribution is -0.155. The highest BCUT2D eigenvalue weighted by molar-refractivity contribution is 5.80. The third kappa shape index (κ3) is 7.00. The number of carbonyl (C=O) groups excluding carboxylic acids is 3. The molecule has 3 aromatic rings. The largest absolute Gasteiger partial charge is 0.460 e. The molecule has 0 fully saturated rings. The van der Waals surface area contributed by atoms with Gasteiger partial charge >= 0.3 is 18.0 Å². The molecule has 1 aliphatic carbocycles. The van der Waals surface area contributed by atoms with Crippen molar-refractivity contribution in [3.05, 3.63) is 95.6 Å². The molecule has 7 nitrogen and oxygen atoms in total. The SMILES string of the molecule is CC(C)(C)OC(=O)CCN(CC(=O)OCc1ccccc1)C(=O)OCC1c2ccccc2-c2ccccc21. The second-order valence-electron chi connectivity index (χ2n) is 10.2. The molecule has 1 amide bonds. The zero-order valence-electron chi connectivity index (χ0n) is 22.0. The number of esters is 2. The monoisotopic (exact) mass is 515 g/mol. The van der Waals surface area contributed by atoms with Gasteiger partial charge in [0.15, 0.2) is 0 Å². The first kappa shape index (κ1) is 26.9. The first-order valence-corrected chi connectivity index (χ1v) is 12.7. The van der Waals surface area contributed by atoms with Crippen molar-refractivity contribution in [1.29, 1.82) is 0 Å². The Labute approximate surface area is 223 Å². The normalized spacial score (nSPS) is 12.3. The minimum absolute atomic E-state index is 0.0357. The third-order valence-electron chi connectivity index (χ3n) is 6.16. The standard InChI is InChI=1S/C31H33NO6/c1-31(2,3)38-28(33)17-18-32(19-29(34)36-20-22-11-5-4-6-12-22)30(35)37-21-27-25-15-9-7-13-23(25)24-14-8-10-16-26(24)27/h4-16,27H,17-21H2,1-3H3. The molecular weight excluding hydrogens is 482 g/mol. The Morgan fingerprint density at radius 2 is 1.34 bits per heavy atom. The van der Waals surface area contributed by atoms with E-state index in [-0.39, 0.29) is 38.6 Å². The van der Waals surface area contributed by atoms with Gasteiger partial charge in [-0.3, -0.25) is 14.5 Å². The lowest BCUT2D eigenvalue weighted by atomic mass is 9.98. The number of carbonyl (C=O) groups is 3. The molecule has 1 aliphatic rings. The maximum absolute atomic E-state index is 13.2. The van der Waals surface area contributed by atoms with Gasteiger partial charge in [-0.2, -0.15) is 0 Å². The first-order valence-electron chi connectivity index (χ1n) is 12.7. The fourth-order valence-corrected chi connectivity index (χ4v) is 4.48. The summed E-state index contributed by atoms with van der Waals surface area (Å²) in [4.78, 5) is 39.3. The van der Waals surface area contributed by atoms with Crippen LogP contribution in [0.2, 0.25) is 0 Å². The Kier molecular flexibility index (Phi) is 8.46. The van der Waals surface area contributed by atoms with Gasteiger partial charge in [0.25, 0.3) is 0 Å². The molecule has 3 aromatic carbocycles. The molecule has 7 heteroatoms. The molecule has 198 valence electrons. The van der Waals surface area contributed by atoms with Crippen LogP contribution in [0.5, 0.6) is 0 Å². The summed E-state index contributed by atoms with van der Waals surface area (Å²) in [5, 5.41) is 0. The van der Waals surface area contributed by atoms with E-state index in [0.717, 1.165) is 27.8 Å². The van der Waals surface area contributed by atoms with Crippen molar-refractivity contribution >= 4 is 18.0 Å². The fourth-order valence-electron chi connectivity index (χ4n) is 4.48. The summed E-state index contributed by atoms with van der Waals surface area (Å²) in [6, 6.07) is 25.4. The van der Waals surface area contributed by atoms with Gasteiger partial charge < -0.3 is 14.2 Å². The van der Waals surface area contributed by atoms with Gasteiger partial charge in [-0.15, -0.1) is 0 Å². The average Bonchev–Trinajstić information content (AvgIpc) is 3.21. The molecule has 0 unspecified atom stereocenters. The molecule has 0 N–H and O–H groups in total. The predicted octanol–water partition coefficient (Wildman–Crippen LogP) is 5.71. The van der Waals surface area contributed by atoms with Crippen LogP contribution in [0.3, 0.4) is 0 Å². The third-order valence-corrected chi connectivity index (χ3v) is 6.16. The minimum atomic E-state index is -0.688. The zero-order chi connectivity index (χ0) is 27.1. The molecule has 0 bridgehead atoms. The Bertz CT molecular complexity index is 1240. The van der Waals surface area contributed by atoms with Crippen LogP contribution < -0.4 is 0 Å².